The van der Waals surface area contributed by atoms with Gasteiger partial charge in [-0.05, 0) is 6.42 Å². The molecule has 2 amide bonds. The normalized spacial score (nSPS) is 19.5. The third kappa shape index (κ3) is 1.99. The zero-order valence-electron chi connectivity index (χ0n) is 8.41. The summed E-state index contributed by atoms with van der Waals surface area (Å²) in [4.78, 5) is 25.9. The molecule has 4 heteroatoms. The maximum atomic E-state index is 11.6. The first-order valence-electron chi connectivity index (χ1n) is 4.59. The Kier molecular flexibility index (Phi) is 2.90. The number of likely N-dealkylation sites (N-methyl/N-ethyl adjacent to an activating group) is 1. The number of amides is 2. The number of rotatable bonds is 2. The van der Waals surface area contributed by atoms with Gasteiger partial charge >= 0.3 is 0 Å². The fourth-order valence-electron chi connectivity index (χ4n) is 1.30. The predicted molar refractivity (Wildman–Crippen MR) is 48.8 cm³/mol. The molecule has 1 aliphatic rings. The molecule has 1 saturated heterocycles. The molecule has 4 nitrogen and oxygen atoms in total. The minimum absolute atomic E-state index is 0.0247. The highest BCUT2D eigenvalue weighted by Gasteiger charge is 2.29. The second-order valence-electron chi connectivity index (χ2n) is 3.58. The molecule has 1 fully saturated rings. The highest BCUT2D eigenvalue weighted by molar-refractivity contribution is 5.88. The lowest BCUT2D eigenvalue weighted by molar-refractivity contribution is -0.135. The van der Waals surface area contributed by atoms with Crippen LogP contribution >= 0.6 is 0 Å². The van der Waals surface area contributed by atoms with Gasteiger partial charge in [0.2, 0.25) is 11.8 Å². The summed E-state index contributed by atoms with van der Waals surface area (Å²) < 4.78 is 0. The molecule has 0 aromatic carbocycles. The summed E-state index contributed by atoms with van der Waals surface area (Å²) in [5, 5.41) is 0. The Morgan fingerprint density at radius 1 is 1.62 bits per heavy atom. The highest BCUT2D eigenvalue weighted by atomic mass is 16.2. The van der Waals surface area contributed by atoms with E-state index in [1.165, 1.54) is 0 Å². The standard InChI is InChI=1S/C9H16N2O2/c1-4-7(2)9(13)11-5-8(12)10(3)6-11/h7H,4-6H2,1-3H3. The van der Waals surface area contributed by atoms with E-state index in [0.717, 1.165) is 6.42 Å². The van der Waals surface area contributed by atoms with Crippen molar-refractivity contribution in [1.82, 2.24) is 9.80 Å². The van der Waals surface area contributed by atoms with Crippen molar-refractivity contribution in [3.63, 3.8) is 0 Å². The predicted octanol–water partition coefficient (Wildman–Crippen LogP) is 0.291. The summed E-state index contributed by atoms with van der Waals surface area (Å²) in [5.74, 6) is 0.135. The van der Waals surface area contributed by atoms with E-state index in [9.17, 15) is 9.59 Å². The molecule has 0 radical (unpaired) electrons. The Morgan fingerprint density at radius 3 is 2.62 bits per heavy atom. The molecule has 1 heterocycles. The lowest BCUT2D eigenvalue weighted by atomic mass is 10.1. The summed E-state index contributed by atoms with van der Waals surface area (Å²) in [6.07, 6.45) is 0.827. The van der Waals surface area contributed by atoms with Crippen molar-refractivity contribution in [1.29, 1.82) is 0 Å². The van der Waals surface area contributed by atoms with Crippen molar-refractivity contribution in [2.45, 2.75) is 20.3 Å². The number of nitrogens with zero attached hydrogens (tertiary/aromatic N) is 2. The van der Waals surface area contributed by atoms with E-state index in [4.69, 9.17) is 0 Å². The van der Waals surface area contributed by atoms with Crippen LogP contribution in [0.1, 0.15) is 20.3 Å². The van der Waals surface area contributed by atoms with Gasteiger partial charge in [-0.25, -0.2) is 0 Å². The Labute approximate surface area is 78.5 Å². The first-order valence-corrected chi connectivity index (χ1v) is 4.59. The molecule has 0 aromatic rings. The van der Waals surface area contributed by atoms with Crippen LogP contribution in [0.3, 0.4) is 0 Å². The monoisotopic (exact) mass is 184 g/mol. The minimum atomic E-state index is 0.0247. The van der Waals surface area contributed by atoms with Gasteiger partial charge in [0.25, 0.3) is 0 Å². The first-order chi connectivity index (χ1) is 6.06. The molecule has 0 aromatic heterocycles. The number of hydrogen-bond acceptors (Lipinski definition) is 2. The largest absolute Gasteiger partial charge is 0.326 e. The van der Waals surface area contributed by atoms with Crippen molar-refractivity contribution >= 4 is 11.8 Å². The summed E-state index contributed by atoms with van der Waals surface area (Å²) >= 11 is 0. The van der Waals surface area contributed by atoms with Crippen LogP contribution in [0.2, 0.25) is 0 Å². The lowest BCUT2D eigenvalue weighted by Crippen LogP contribution is -2.34. The van der Waals surface area contributed by atoms with Gasteiger partial charge in [-0.2, -0.15) is 0 Å². The van der Waals surface area contributed by atoms with E-state index >= 15 is 0 Å². The topological polar surface area (TPSA) is 40.6 Å². The summed E-state index contributed by atoms with van der Waals surface area (Å²) in [5.41, 5.74) is 0. The smallest absolute Gasteiger partial charge is 0.243 e. The van der Waals surface area contributed by atoms with Crippen molar-refractivity contribution in [3.05, 3.63) is 0 Å². The van der Waals surface area contributed by atoms with E-state index in [0.29, 0.717) is 6.67 Å². The molecule has 1 rings (SSSR count). The molecular formula is C9H16N2O2. The van der Waals surface area contributed by atoms with Crippen molar-refractivity contribution in [3.8, 4) is 0 Å². The van der Waals surface area contributed by atoms with Gasteiger partial charge < -0.3 is 9.80 Å². The van der Waals surface area contributed by atoms with Crippen LogP contribution in [-0.2, 0) is 9.59 Å². The van der Waals surface area contributed by atoms with Crippen LogP contribution < -0.4 is 0 Å². The van der Waals surface area contributed by atoms with Gasteiger partial charge in [0.1, 0.15) is 6.54 Å². The number of carbonyl (C=O) groups excluding carboxylic acids is 2. The summed E-state index contributed by atoms with van der Waals surface area (Å²) in [7, 11) is 1.71. The van der Waals surface area contributed by atoms with Crippen molar-refractivity contribution < 1.29 is 9.59 Å². The van der Waals surface area contributed by atoms with Gasteiger partial charge in [-0.3, -0.25) is 9.59 Å². The number of hydrogen-bond donors (Lipinski definition) is 0. The van der Waals surface area contributed by atoms with Crippen LogP contribution in [-0.4, -0.2) is 41.9 Å². The Morgan fingerprint density at radius 2 is 2.23 bits per heavy atom. The van der Waals surface area contributed by atoms with E-state index < -0.39 is 0 Å². The van der Waals surface area contributed by atoms with Crippen LogP contribution in [0, 0.1) is 5.92 Å². The van der Waals surface area contributed by atoms with Crippen molar-refractivity contribution in [2.75, 3.05) is 20.3 Å². The van der Waals surface area contributed by atoms with E-state index in [-0.39, 0.29) is 24.3 Å². The number of carbonyl (C=O) groups is 2. The zero-order chi connectivity index (χ0) is 10.0. The van der Waals surface area contributed by atoms with Crippen LogP contribution in [0.4, 0.5) is 0 Å². The third-order valence-electron chi connectivity index (χ3n) is 2.48. The molecule has 1 unspecified atom stereocenters. The van der Waals surface area contributed by atoms with Gasteiger partial charge in [0.15, 0.2) is 0 Å². The first kappa shape index (κ1) is 10.0. The molecular weight excluding hydrogens is 168 g/mol. The highest BCUT2D eigenvalue weighted by Crippen LogP contribution is 2.11. The average molecular weight is 184 g/mol. The second kappa shape index (κ2) is 3.77. The molecule has 0 saturated carbocycles. The van der Waals surface area contributed by atoms with Crippen molar-refractivity contribution in [2.24, 2.45) is 5.92 Å². The second-order valence-corrected chi connectivity index (χ2v) is 3.58. The third-order valence-corrected chi connectivity index (χ3v) is 2.48. The van der Waals surface area contributed by atoms with Gasteiger partial charge in [-0.15, -0.1) is 0 Å². The Hall–Kier alpha value is -1.06. The van der Waals surface area contributed by atoms with Gasteiger partial charge in [0.05, 0.1) is 6.67 Å². The molecule has 0 spiro atoms. The maximum absolute atomic E-state index is 11.6. The molecule has 0 N–H and O–H groups in total. The fraction of sp³-hybridized carbons (Fsp3) is 0.778. The molecule has 1 atom stereocenters. The molecule has 0 bridgehead atoms. The van der Waals surface area contributed by atoms with E-state index in [1.807, 2.05) is 13.8 Å². The summed E-state index contributed by atoms with van der Waals surface area (Å²) in [6, 6.07) is 0. The maximum Gasteiger partial charge on any atom is 0.243 e. The summed E-state index contributed by atoms with van der Waals surface area (Å²) in [6.45, 7) is 4.57. The minimum Gasteiger partial charge on any atom is -0.326 e. The molecule has 0 aliphatic carbocycles. The SMILES string of the molecule is CCC(C)C(=O)N1CC(=O)N(C)C1. The fourth-order valence-corrected chi connectivity index (χ4v) is 1.30. The molecule has 1 aliphatic heterocycles. The quantitative estimate of drug-likeness (QED) is 0.619. The zero-order valence-corrected chi connectivity index (χ0v) is 8.41. The van der Waals surface area contributed by atoms with E-state index in [2.05, 4.69) is 0 Å². The molecule has 13 heavy (non-hydrogen) atoms. The van der Waals surface area contributed by atoms with Crippen LogP contribution in [0.15, 0.2) is 0 Å². The Balaban J connectivity index is 2.55. The van der Waals surface area contributed by atoms with Gasteiger partial charge in [0, 0.05) is 13.0 Å². The van der Waals surface area contributed by atoms with Gasteiger partial charge in [-0.1, -0.05) is 13.8 Å². The van der Waals surface area contributed by atoms with Crippen LogP contribution in [0.5, 0.6) is 0 Å². The molecule has 74 valence electrons. The average Bonchev–Trinajstić information content (AvgIpc) is 2.44. The van der Waals surface area contributed by atoms with E-state index in [1.54, 1.807) is 16.8 Å². The van der Waals surface area contributed by atoms with Crippen LogP contribution in [0.25, 0.3) is 0 Å². The Bertz CT molecular complexity index is 228. The lowest BCUT2D eigenvalue weighted by Gasteiger charge is -2.18.